The van der Waals surface area contributed by atoms with Crippen LogP contribution in [0.3, 0.4) is 0 Å². The summed E-state index contributed by atoms with van der Waals surface area (Å²) in [4.78, 5) is 11.9. The van der Waals surface area contributed by atoms with Crippen LogP contribution in [0.4, 0.5) is 0 Å². The van der Waals surface area contributed by atoms with Gasteiger partial charge in [-0.1, -0.05) is 44.4 Å². The molecule has 0 aliphatic heterocycles. The number of hydrogen-bond acceptors (Lipinski definition) is 3. The molecule has 0 radical (unpaired) electrons. The van der Waals surface area contributed by atoms with Gasteiger partial charge in [0.05, 0.1) is 0 Å². The molecular formula is C24H33IO2S. The molecule has 0 aromatic rings. The summed E-state index contributed by atoms with van der Waals surface area (Å²) in [5, 5.41) is 14.6. The summed E-state index contributed by atoms with van der Waals surface area (Å²) in [5.74, 6) is 5.68. The second kappa shape index (κ2) is 8.86. The number of aliphatic hydroxyl groups is 1. The van der Waals surface area contributed by atoms with Gasteiger partial charge >= 0.3 is 0 Å². The van der Waals surface area contributed by atoms with Gasteiger partial charge in [0.25, 0.3) is 0 Å². The fourth-order valence-corrected chi connectivity index (χ4v) is 7.52. The van der Waals surface area contributed by atoms with Crippen LogP contribution in [0.5, 0.6) is 0 Å². The van der Waals surface area contributed by atoms with Gasteiger partial charge in [0.1, 0.15) is 5.60 Å². The highest BCUT2D eigenvalue weighted by molar-refractivity contribution is 14.2. The molecule has 2 nitrogen and oxygen atoms in total. The van der Waals surface area contributed by atoms with Crippen molar-refractivity contribution in [2.45, 2.75) is 77.7 Å². The molecule has 0 amide bonds. The number of halogens is 1. The summed E-state index contributed by atoms with van der Waals surface area (Å²) in [6, 6.07) is 0. The molecule has 0 spiro atoms. The lowest BCUT2D eigenvalue weighted by molar-refractivity contribution is -0.116. The summed E-state index contributed by atoms with van der Waals surface area (Å²) in [7, 11) is 1.46. The minimum Gasteiger partial charge on any atom is -0.377 e. The van der Waals surface area contributed by atoms with E-state index in [9.17, 15) is 9.90 Å². The first kappa shape index (κ1) is 22.4. The summed E-state index contributed by atoms with van der Waals surface area (Å²) in [6.45, 7) is 10.8. The first-order valence-corrected chi connectivity index (χ1v) is 14.2. The van der Waals surface area contributed by atoms with Crippen LogP contribution in [-0.2, 0) is 4.79 Å². The monoisotopic (exact) mass is 512 g/mol. The maximum Gasteiger partial charge on any atom is 0.155 e. The molecule has 4 aliphatic rings. The van der Waals surface area contributed by atoms with Crippen molar-refractivity contribution in [1.82, 2.24) is 0 Å². The summed E-state index contributed by atoms with van der Waals surface area (Å²) < 4.78 is 0. The fraction of sp³-hybridized carbons (Fsp3) is 0.708. The smallest absolute Gasteiger partial charge is 0.155 e. The van der Waals surface area contributed by atoms with E-state index < -0.39 is 5.60 Å². The molecule has 3 fully saturated rings. The summed E-state index contributed by atoms with van der Waals surface area (Å²) in [6.07, 6.45) is 9.52. The predicted molar refractivity (Wildman–Crippen MR) is 127 cm³/mol. The molecule has 3 saturated carbocycles. The van der Waals surface area contributed by atoms with Gasteiger partial charge in [0.2, 0.25) is 0 Å². The number of rotatable bonds is 1. The van der Waals surface area contributed by atoms with Gasteiger partial charge in [0.15, 0.2) is 5.78 Å². The normalized spacial score (nSPS) is 41.4. The van der Waals surface area contributed by atoms with Crippen LogP contribution >= 0.6 is 30.1 Å². The van der Waals surface area contributed by atoms with Gasteiger partial charge in [-0.15, -0.1) is 0 Å². The molecule has 154 valence electrons. The Kier molecular flexibility index (Phi) is 7.10. The molecule has 4 aliphatic carbocycles. The van der Waals surface area contributed by atoms with Crippen molar-refractivity contribution in [1.29, 1.82) is 0 Å². The van der Waals surface area contributed by atoms with E-state index in [0.29, 0.717) is 35.9 Å². The first-order chi connectivity index (χ1) is 13.5. The Labute approximate surface area is 187 Å². The molecule has 28 heavy (non-hydrogen) atoms. The zero-order valence-corrected chi connectivity index (χ0v) is 20.4. The number of carbonyl (C=O) groups excluding carboxylic acids is 1. The van der Waals surface area contributed by atoms with Crippen molar-refractivity contribution in [3.8, 4) is 11.2 Å². The van der Waals surface area contributed by atoms with Gasteiger partial charge in [-0.2, -0.15) is 0 Å². The number of hydrogen-bond donors (Lipinski definition) is 1. The minimum atomic E-state index is -0.878. The van der Waals surface area contributed by atoms with Crippen molar-refractivity contribution < 1.29 is 9.90 Å². The van der Waals surface area contributed by atoms with Crippen molar-refractivity contribution in [2.24, 2.45) is 29.1 Å². The van der Waals surface area contributed by atoms with Gasteiger partial charge in [-0.3, -0.25) is 4.79 Å². The lowest BCUT2D eigenvalue weighted by atomic mass is 9.48. The number of carbonyl (C=O) groups is 1. The van der Waals surface area contributed by atoms with Crippen molar-refractivity contribution in [3.63, 3.8) is 0 Å². The molecule has 0 aromatic heterocycles. The third kappa shape index (κ3) is 3.44. The molecule has 4 heteroatoms. The molecular weight excluding hydrogens is 479 g/mol. The lowest BCUT2D eigenvalue weighted by Crippen LogP contribution is -2.54. The quantitative estimate of drug-likeness (QED) is 0.248. The molecule has 6 atom stereocenters. The fourth-order valence-electron chi connectivity index (χ4n) is 6.98. The first-order valence-electron chi connectivity index (χ1n) is 10.9. The van der Waals surface area contributed by atoms with E-state index in [2.05, 4.69) is 45.9 Å². The second-order valence-corrected chi connectivity index (χ2v) is 10.4. The average molecular weight is 512 g/mol. The Morgan fingerprint density at radius 3 is 2.75 bits per heavy atom. The van der Waals surface area contributed by atoms with E-state index in [-0.39, 0.29) is 5.41 Å². The van der Waals surface area contributed by atoms with E-state index >= 15 is 0 Å². The SMILES string of the molecule is C=C1CC2(CC)C(CCC2(O)C#CSI)C2CCC3=CC(=O)CCC3C12.CC. The zero-order chi connectivity index (χ0) is 20.5. The van der Waals surface area contributed by atoms with Crippen LogP contribution in [0.2, 0.25) is 0 Å². The van der Waals surface area contributed by atoms with Crippen LogP contribution in [0.25, 0.3) is 0 Å². The topological polar surface area (TPSA) is 37.3 Å². The molecule has 0 heterocycles. The van der Waals surface area contributed by atoms with E-state index in [0.717, 1.165) is 44.9 Å². The number of ketones is 1. The zero-order valence-electron chi connectivity index (χ0n) is 17.4. The Hall–Kier alpha value is -0.250. The van der Waals surface area contributed by atoms with Gasteiger partial charge in [-0.25, -0.2) is 0 Å². The Morgan fingerprint density at radius 1 is 1.32 bits per heavy atom. The molecule has 6 unspecified atom stereocenters. The van der Waals surface area contributed by atoms with Crippen LogP contribution in [0, 0.1) is 40.3 Å². The average Bonchev–Trinajstić information content (AvgIpc) is 3.00. The highest BCUT2D eigenvalue weighted by atomic mass is 127. The van der Waals surface area contributed by atoms with Gasteiger partial charge in [0, 0.05) is 33.0 Å². The Morgan fingerprint density at radius 2 is 2.07 bits per heavy atom. The van der Waals surface area contributed by atoms with Gasteiger partial charge < -0.3 is 5.11 Å². The van der Waals surface area contributed by atoms with E-state index in [4.69, 9.17) is 0 Å². The van der Waals surface area contributed by atoms with Crippen molar-refractivity contribution >= 4 is 35.9 Å². The van der Waals surface area contributed by atoms with Crippen LogP contribution in [0.15, 0.2) is 23.8 Å². The predicted octanol–water partition coefficient (Wildman–Crippen LogP) is 6.49. The summed E-state index contributed by atoms with van der Waals surface area (Å²) in [5.41, 5.74) is 1.66. The minimum absolute atomic E-state index is 0.143. The molecule has 1 N–H and O–H groups in total. The molecule has 0 saturated heterocycles. The highest BCUT2D eigenvalue weighted by Gasteiger charge is 2.64. The maximum atomic E-state index is 11.9. The van der Waals surface area contributed by atoms with E-state index in [1.165, 1.54) is 20.1 Å². The van der Waals surface area contributed by atoms with Crippen LogP contribution in [0.1, 0.15) is 72.1 Å². The van der Waals surface area contributed by atoms with Crippen molar-refractivity contribution in [3.05, 3.63) is 23.8 Å². The number of fused-ring (bicyclic) bond motifs is 5. The number of allylic oxidation sites excluding steroid dienone is 2. The molecule has 0 bridgehead atoms. The molecule has 0 aromatic carbocycles. The standard InChI is InChI=1S/C22H27IO2S.C2H6/c1-3-21-13-14(2)20-17-7-5-16(24)12-15(17)4-6-18(20)19(21)8-9-22(21,25)10-11-26-23;1-2/h12,17-20,25H,2-9,13H2,1H3;1-2H3. The van der Waals surface area contributed by atoms with Crippen LogP contribution in [-0.4, -0.2) is 16.5 Å². The highest BCUT2D eigenvalue weighted by Crippen LogP contribution is 2.67. The van der Waals surface area contributed by atoms with E-state index in [1.54, 1.807) is 0 Å². The summed E-state index contributed by atoms with van der Waals surface area (Å²) >= 11 is 2.18. The largest absolute Gasteiger partial charge is 0.377 e. The Balaban J connectivity index is 0.00000109. The second-order valence-electron chi connectivity index (χ2n) is 8.71. The third-order valence-electron chi connectivity index (χ3n) is 7.99. The van der Waals surface area contributed by atoms with Crippen molar-refractivity contribution in [2.75, 3.05) is 0 Å². The third-order valence-corrected chi connectivity index (χ3v) is 8.83. The molecule has 4 rings (SSSR count). The van der Waals surface area contributed by atoms with E-state index in [1.807, 2.05) is 19.9 Å². The maximum absolute atomic E-state index is 11.9. The van der Waals surface area contributed by atoms with Gasteiger partial charge in [-0.05, 0) is 88.9 Å². The van der Waals surface area contributed by atoms with Crippen LogP contribution < -0.4 is 0 Å². The Bertz CT molecular complexity index is 733. The lowest BCUT2D eigenvalue weighted by Gasteiger charge is -2.56.